The molecule has 1 aromatic rings. The minimum Gasteiger partial charge on any atom is -0.364 e. The van der Waals surface area contributed by atoms with E-state index in [1.165, 1.54) is 0 Å². The molecule has 0 aromatic carbocycles. The fourth-order valence-electron chi connectivity index (χ4n) is 2.14. The van der Waals surface area contributed by atoms with Crippen LogP contribution < -0.4 is 5.32 Å². The maximum atomic E-state index is 13.4. The molecule has 16 heavy (non-hydrogen) atoms. The van der Waals surface area contributed by atoms with Gasteiger partial charge in [-0.2, -0.15) is 4.98 Å². The molecule has 0 spiro atoms. The van der Waals surface area contributed by atoms with Crippen molar-refractivity contribution in [2.75, 3.05) is 5.32 Å². The molecule has 88 valence electrons. The summed E-state index contributed by atoms with van der Waals surface area (Å²) in [6, 6.07) is 0.195. The highest BCUT2D eigenvalue weighted by atomic mass is 35.5. The molecule has 1 N–H and O–H groups in total. The largest absolute Gasteiger partial charge is 0.364 e. The van der Waals surface area contributed by atoms with Gasteiger partial charge in [0.2, 0.25) is 5.28 Å². The summed E-state index contributed by atoms with van der Waals surface area (Å²) in [5, 5.41) is 3.15. The van der Waals surface area contributed by atoms with Gasteiger partial charge in [-0.25, -0.2) is 9.37 Å². The first-order valence-corrected chi connectivity index (χ1v) is 5.59. The van der Waals surface area contributed by atoms with Crippen molar-refractivity contribution in [2.45, 2.75) is 33.7 Å². The van der Waals surface area contributed by atoms with E-state index in [4.69, 9.17) is 11.6 Å². The first-order valence-electron chi connectivity index (χ1n) is 5.21. The topological polar surface area (TPSA) is 37.8 Å². The predicted molar refractivity (Wildman–Crippen MR) is 62.0 cm³/mol. The van der Waals surface area contributed by atoms with Gasteiger partial charge in [0.1, 0.15) is 0 Å². The summed E-state index contributed by atoms with van der Waals surface area (Å²) in [5.41, 5.74) is 0.244. The van der Waals surface area contributed by atoms with Gasteiger partial charge in [0.15, 0.2) is 11.6 Å². The minimum absolute atomic E-state index is 0.0557. The van der Waals surface area contributed by atoms with E-state index in [1.54, 1.807) is 0 Å². The van der Waals surface area contributed by atoms with Crippen LogP contribution in [0.3, 0.4) is 0 Å². The zero-order valence-electron chi connectivity index (χ0n) is 9.81. The standard InChI is InChI=1S/C11H15ClFN3/c1-10(2)8(11(10,3)4)15-7-6(13)5-14-9(12)16-7/h5,8H,1-4H3,(H,14,15,16). The molecule has 0 unspecified atom stereocenters. The summed E-state index contributed by atoms with van der Waals surface area (Å²) in [4.78, 5) is 7.43. The number of anilines is 1. The monoisotopic (exact) mass is 243 g/mol. The SMILES string of the molecule is CC1(C)C(Nc2nc(Cl)ncc2F)C1(C)C. The number of nitrogens with zero attached hydrogens (tertiary/aromatic N) is 2. The Morgan fingerprint density at radius 3 is 2.38 bits per heavy atom. The molecule has 0 radical (unpaired) electrons. The Kier molecular flexibility index (Phi) is 2.38. The fraction of sp³-hybridized carbons (Fsp3) is 0.636. The summed E-state index contributed by atoms with van der Waals surface area (Å²) >= 11 is 5.63. The van der Waals surface area contributed by atoms with Crippen LogP contribution in [0.4, 0.5) is 10.2 Å². The Morgan fingerprint density at radius 1 is 1.31 bits per heavy atom. The molecule has 0 saturated heterocycles. The van der Waals surface area contributed by atoms with E-state index >= 15 is 0 Å². The van der Waals surface area contributed by atoms with Gasteiger partial charge in [-0.1, -0.05) is 27.7 Å². The zero-order chi connectivity index (χ0) is 12.1. The fourth-order valence-corrected chi connectivity index (χ4v) is 2.27. The molecule has 0 atom stereocenters. The van der Waals surface area contributed by atoms with Crippen molar-refractivity contribution in [2.24, 2.45) is 10.8 Å². The molecular formula is C11H15ClFN3. The van der Waals surface area contributed by atoms with Gasteiger partial charge in [0.25, 0.3) is 0 Å². The summed E-state index contributed by atoms with van der Waals surface area (Å²) < 4.78 is 13.4. The molecular weight excluding hydrogens is 229 g/mol. The second-order valence-electron chi connectivity index (χ2n) is 5.36. The Morgan fingerprint density at radius 2 is 1.88 bits per heavy atom. The average Bonchev–Trinajstić information content (AvgIpc) is 2.54. The van der Waals surface area contributed by atoms with Crippen LogP contribution in [0.25, 0.3) is 0 Å². The predicted octanol–water partition coefficient (Wildman–Crippen LogP) is 3.12. The van der Waals surface area contributed by atoms with E-state index in [1.807, 2.05) is 0 Å². The minimum atomic E-state index is -0.470. The van der Waals surface area contributed by atoms with Gasteiger partial charge in [-0.05, 0) is 22.4 Å². The quantitative estimate of drug-likeness (QED) is 0.811. The Balaban J connectivity index is 2.21. The highest BCUT2D eigenvalue weighted by molar-refractivity contribution is 6.28. The van der Waals surface area contributed by atoms with Crippen LogP contribution in [0.2, 0.25) is 5.28 Å². The van der Waals surface area contributed by atoms with Crippen LogP contribution >= 0.6 is 11.6 Å². The highest BCUT2D eigenvalue weighted by Crippen LogP contribution is 2.63. The Hall–Kier alpha value is -0.900. The molecule has 1 heterocycles. The van der Waals surface area contributed by atoms with E-state index in [0.717, 1.165) is 6.20 Å². The van der Waals surface area contributed by atoms with Gasteiger partial charge in [0.05, 0.1) is 6.20 Å². The number of hydrogen-bond acceptors (Lipinski definition) is 3. The average molecular weight is 244 g/mol. The number of rotatable bonds is 2. The third-order valence-electron chi connectivity index (χ3n) is 4.02. The van der Waals surface area contributed by atoms with Crippen LogP contribution in [0.5, 0.6) is 0 Å². The Bertz CT molecular complexity index is 417. The molecule has 1 aliphatic rings. The number of halogens is 2. The van der Waals surface area contributed by atoms with Gasteiger partial charge in [-0.15, -0.1) is 0 Å². The van der Waals surface area contributed by atoms with E-state index in [-0.39, 0.29) is 28.0 Å². The molecule has 3 nitrogen and oxygen atoms in total. The molecule has 1 aromatic heterocycles. The summed E-state index contributed by atoms with van der Waals surface area (Å²) in [6.45, 7) is 8.58. The van der Waals surface area contributed by atoms with Gasteiger partial charge >= 0.3 is 0 Å². The number of aromatic nitrogens is 2. The summed E-state index contributed by atoms with van der Waals surface area (Å²) in [7, 11) is 0. The van der Waals surface area contributed by atoms with Crippen LogP contribution in [0, 0.1) is 16.6 Å². The lowest BCUT2D eigenvalue weighted by Gasteiger charge is -2.07. The summed E-state index contributed by atoms with van der Waals surface area (Å²) in [6.07, 6.45) is 1.08. The van der Waals surface area contributed by atoms with Crippen LogP contribution in [-0.4, -0.2) is 16.0 Å². The highest BCUT2D eigenvalue weighted by Gasteiger charge is 2.65. The van der Waals surface area contributed by atoms with E-state index in [9.17, 15) is 4.39 Å². The molecule has 0 aliphatic heterocycles. The molecule has 1 saturated carbocycles. The van der Waals surface area contributed by atoms with Crippen molar-refractivity contribution < 1.29 is 4.39 Å². The van der Waals surface area contributed by atoms with Crippen LogP contribution in [-0.2, 0) is 0 Å². The van der Waals surface area contributed by atoms with E-state index < -0.39 is 5.82 Å². The first kappa shape index (κ1) is 11.6. The smallest absolute Gasteiger partial charge is 0.224 e. The molecule has 0 bridgehead atoms. The van der Waals surface area contributed by atoms with Crippen molar-refractivity contribution in [3.8, 4) is 0 Å². The molecule has 0 amide bonds. The maximum absolute atomic E-state index is 13.4. The van der Waals surface area contributed by atoms with E-state index in [2.05, 4.69) is 43.0 Å². The summed E-state index contributed by atoms with van der Waals surface area (Å²) in [5.74, 6) is -0.286. The lowest BCUT2D eigenvalue weighted by molar-refractivity contribution is 0.457. The number of hydrogen-bond donors (Lipinski definition) is 1. The Labute approximate surface area is 99.4 Å². The lowest BCUT2D eigenvalue weighted by Crippen LogP contribution is -2.13. The molecule has 2 rings (SSSR count). The molecule has 1 fully saturated rings. The first-order chi connectivity index (χ1) is 7.26. The third-order valence-corrected chi connectivity index (χ3v) is 4.20. The second kappa shape index (κ2) is 3.29. The van der Waals surface area contributed by atoms with Crippen molar-refractivity contribution in [3.63, 3.8) is 0 Å². The lowest BCUT2D eigenvalue weighted by atomic mass is 10.0. The van der Waals surface area contributed by atoms with Gasteiger partial charge in [-0.3, -0.25) is 0 Å². The third kappa shape index (κ3) is 1.56. The zero-order valence-corrected chi connectivity index (χ0v) is 10.6. The molecule has 5 heteroatoms. The van der Waals surface area contributed by atoms with Crippen molar-refractivity contribution in [3.05, 3.63) is 17.3 Å². The number of nitrogens with one attached hydrogen (secondary N) is 1. The van der Waals surface area contributed by atoms with Crippen molar-refractivity contribution in [1.82, 2.24) is 9.97 Å². The maximum Gasteiger partial charge on any atom is 0.224 e. The normalized spacial score (nSPS) is 21.9. The van der Waals surface area contributed by atoms with Crippen LogP contribution in [0.15, 0.2) is 6.20 Å². The van der Waals surface area contributed by atoms with Gasteiger partial charge in [0, 0.05) is 6.04 Å². The molecule has 1 aliphatic carbocycles. The van der Waals surface area contributed by atoms with Crippen molar-refractivity contribution in [1.29, 1.82) is 0 Å². The van der Waals surface area contributed by atoms with Gasteiger partial charge < -0.3 is 5.32 Å². The second-order valence-corrected chi connectivity index (χ2v) is 5.69. The van der Waals surface area contributed by atoms with Crippen molar-refractivity contribution >= 4 is 17.4 Å². The van der Waals surface area contributed by atoms with E-state index in [0.29, 0.717) is 0 Å². The van der Waals surface area contributed by atoms with Crippen LogP contribution in [0.1, 0.15) is 27.7 Å².